The molecule has 0 spiro atoms. The third-order valence-corrected chi connectivity index (χ3v) is 14.8. The lowest BCUT2D eigenvalue weighted by Crippen LogP contribution is -2.29. The molecule has 4 nitrogen and oxygen atoms in total. The van der Waals surface area contributed by atoms with Crippen molar-refractivity contribution in [3.8, 4) is 33.4 Å². The second-order valence-corrected chi connectivity index (χ2v) is 19.3. The highest BCUT2D eigenvalue weighted by atomic mass is 79.9. The molecule has 2 N–H and O–H groups in total. The number of furan rings is 2. The highest BCUT2D eigenvalue weighted by Gasteiger charge is 2.22. The first-order chi connectivity index (χ1) is 35.3. The van der Waals surface area contributed by atoms with Gasteiger partial charge in [-0.05, 0) is 112 Å². The minimum absolute atomic E-state index is 0. The van der Waals surface area contributed by atoms with Crippen LogP contribution in [0.5, 0.6) is 0 Å². The molecule has 0 amide bonds. The smallest absolute Gasteiger partial charge is 0.456 e. The zero-order chi connectivity index (χ0) is 48.9. The lowest BCUT2D eigenvalue weighted by Gasteiger charge is -2.18. The Morgan fingerprint density at radius 1 is 0.329 bits per heavy atom. The highest BCUT2D eigenvalue weighted by molar-refractivity contribution is 9.10. The van der Waals surface area contributed by atoms with Crippen molar-refractivity contribution in [2.75, 3.05) is 0 Å². The van der Waals surface area contributed by atoms with Crippen LogP contribution in [-0.2, 0) is 0 Å². The molecule has 0 radical (unpaired) electrons. The van der Waals surface area contributed by atoms with E-state index in [9.17, 15) is 10.0 Å². The fraction of sp³-hybridized carbons (Fsp3) is 0.0154. The third kappa shape index (κ3) is 8.61. The van der Waals surface area contributed by atoms with Crippen LogP contribution in [0.25, 0.3) is 120 Å². The second kappa shape index (κ2) is 20.1. The van der Waals surface area contributed by atoms with Crippen LogP contribution in [0.1, 0.15) is 7.43 Å². The van der Waals surface area contributed by atoms with Gasteiger partial charge in [-0.3, -0.25) is 0 Å². The average molecular weight is 1050 g/mol. The molecule has 0 aliphatic heterocycles. The molecule has 0 aliphatic carbocycles. The third-order valence-electron chi connectivity index (χ3n) is 13.5. The molecule has 14 rings (SSSR count). The maximum absolute atomic E-state index is 9.24. The van der Waals surface area contributed by atoms with Crippen molar-refractivity contribution in [2.24, 2.45) is 0 Å². The molecule has 0 atom stereocenters. The summed E-state index contributed by atoms with van der Waals surface area (Å²) in [6, 6.07) is 78.2. The maximum Gasteiger partial charge on any atom is 0.492 e. The molecule has 14 aromatic rings. The van der Waals surface area contributed by atoms with Crippen LogP contribution in [0.2, 0.25) is 10.0 Å². The zero-order valence-corrected chi connectivity index (χ0v) is 41.5. The summed E-state index contributed by atoms with van der Waals surface area (Å²) in [5.74, 6) is 0. The summed E-state index contributed by atoms with van der Waals surface area (Å²) in [4.78, 5) is 0. The molecule has 73 heavy (non-hydrogen) atoms. The highest BCUT2D eigenvalue weighted by Crippen LogP contribution is 2.48. The zero-order valence-electron chi connectivity index (χ0n) is 38.4. The van der Waals surface area contributed by atoms with Gasteiger partial charge in [0.05, 0.1) is 0 Å². The van der Waals surface area contributed by atoms with Gasteiger partial charge in [0, 0.05) is 58.2 Å². The standard InChI is InChI=1S/C32H19ClO.C20H12BrCl.C12H9BO3.CH4/c33-21-18-16-20(17-19-21)30-25-11-3-1-8-22(25)23-9-2-4-12-26(23)31(30)28-14-7-13-27-24-10-5-6-15-29(24)34-32(27)28;21-20-18-8-4-2-6-16(18)15-5-1-3-7-17(15)19(20)13-9-11-14(22)12-10-13;14-13(15)10-6-3-5-9-8-4-1-2-7-11(8)16-12(9)10;/h1-19H;1-12H;1-7,14-15H;1H4. The van der Waals surface area contributed by atoms with E-state index in [-0.39, 0.29) is 7.43 Å². The first kappa shape index (κ1) is 47.6. The minimum Gasteiger partial charge on any atom is -0.456 e. The molecular weight excluding hydrogens is 1010 g/mol. The molecule has 352 valence electrons. The van der Waals surface area contributed by atoms with Gasteiger partial charge < -0.3 is 18.9 Å². The lowest BCUT2D eigenvalue weighted by atomic mass is 9.79. The summed E-state index contributed by atoms with van der Waals surface area (Å²) in [6.07, 6.45) is 0. The number of benzene rings is 12. The van der Waals surface area contributed by atoms with Gasteiger partial charge in [0.15, 0.2) is 0 Å². The van der Waals surface area contributed by atoms with Crippen molar-refractivity contribution in [2.45, 2.75) is 7.43 Å². The molecule has 0 saturated carbocycles. The largest absolute Gasteiger partial charge is 0.492 e. The van der Waals surface area contributed by atoms with Gasteiger partial charge >= 0.3 is 7.12 Å². The Hall–Kier alpha value is -7.68. The Morgan fingerprint density at radius 2 is 0.685 bits per heavy atom. The molecule has 0 saturated heterocycles. The van der Waals surface area contributed by atoms with Gasteiger partial charge in [0.2, 0.25) is 0 Å². The lowest BCUT2D eigenvalue weighted by molar-refractivity contribution is 0.425. The van der Waals surface area contributed by atoms with Gasteiger partial charge in [-0.2, -0.15) is 0 Å². The quantitative estimate of drug-likeness (QED) is 0.136. The monoisotopic (exact) mass is 1050 g/mol. The summed E-state index contributed by atoms with van der Waals surface area (Å²) >= 11 is 16.1. The predicted molar refractivity (Wildman–Crippen MR) is 314 cm³/mol. The van der Waals surface area contributed by atoms with Crippen molar-refractivity contribution in [3.63, 3.8) is 0 Å². The first-order valence-electron chi connectivity index (χ1n) is 23.5. The Kier molecular flexibility index (Phi) is 13.1. The van der Waals surface area contributed by atoms with E-state index >= 15 is 0 Å². The summed E-state index contributed by atoms with van der Waals surface area (Å²) in [5.41, 5.74) is 10.5. The van der Waals surface area contributed by atoms with E-state index in [1.807, 2.05) is 66.7 Å². The van der Waals surface area contributed by atoms with E-state index in [0.29, 0.717) is 11.0 Å². The topological polar surface area (TPSA) is 66.7 Å². The van der Waals surface area contributed by atoms with Crippen LogP contribution < -0.4 is 5.46 Å². The minimum atomic E-state index is -1.51. The predicted octanol–water partition coefficient (Wildman–Crippen LogP) is 18.9. The van der Waals surface area contributed by atoms with Crippen LogP contribution in [-0.4, -0.2) is 17.2 Å². The van der Waals surface area contributed by atoms with E-state index in [1.165, 1.54) is 65.3 Å². The first-order valence-corrected chi connectivity index (χ1v) is 25.1. The molecule has 0 fully saturated rings. The molecule has 2 heterocycles. The van der Waals surface area contributed by atoms with Crippen molar-refractivity contribution in [1.29, 1.82) is 0 Å². The number of hydrogen-bond donors (Lipinski definition) is 2. The number of para-hydroxylation sites is 4. The van der Waals surface area contributed by atoms with E-state index in [0.717, 1.165) is 63.9 Å². The van der Waals surface area contributed by atoms with E-state index < -0.39 is 7.12 Å². The summed E-state index contributed by atoms with van der Waals surface area (Å²) in [6.45, 7) is 0. The van der Waals surface area contributed by atoms with Gasteiger partial charge in [-0.1, -0.05) is 225 Å². The SMILES string of the molecule is C.Clc1ccc(-c2c(-c3cccc4c3oc3ccccc34)c3ccccc3c3ccccc23)cc1.Clc1ccc(-c2c(Br)c3ccccc3c3ccccc23)cc1.OB(O)c1cccc2c1oc1ccccc12. The van der Waals surface area contributed by atoms with Crippen LogP contribution in [0.15, 0.2) is 244 Å². The molecule has 12 aromatic carbocycles. The summed E-state index contributed by atoms with van der Waals surface area (Å²) in [5, 5.41) is 34.0. The Bertz CT molecular complexity index is 4350. The van der Waals surface area contributed by atoms with Gasteiger partial charge in [0.1, 0.15) is 22.3 Å². The van der Waals surface area contributed by atoms with E-state index in [1.54, 1.807) is 12.1 Å². The maximum atomic E-state index is 9.24. The molecule has 0 unspecified atom stereocenters. The van der Waals surface area contributed by atoms with Crippen LogP contribution in [0.3, 0.4) is 0 Å². The summed E-state index contributed by atoms with van der Waals surface area (Å²) < 4.78 is 13.2. The second-order valence-electron chi connectivity index (χ2n) is 17.6. The molecule has 0 bridgehead atoms. The van der Waals surface area contributed by atoms with Gasteiger partial charge in [0.25, 0.3) is 0 Å². The van der Waals surface area contributed by atoms with Crippen molar-refractivity contribution in [1.82, 2.24) is 0 Å². The summed E-state index contributed by atoms with van der Waals surface area (Å²) in [7, 11) is -1.51. The Balaban J connectivity index is 0.000000127. The van der Waals surface area contributed by atoms with Gasteiger partial charge in [-0.15, -0.1) is 0 Å². The van der Waals surface area contributed by atoms with Crippen LogP contribution in [0.4, 0.5) is 0 Å². The fourth-order valence-electron chi connectivity index (χ4n) is 10.3. The van der Waals surface area contributed by atoms with Crippen LogP contribution >= 0.6 is 39.1 Å². The normalized spacial score (nSPS) is 11.2. The Labute approximate surface area is 440 Å². The van der Waals surface area contributed by atoms with Crippen molar-refractivity contribution in [3.05, 3.63) is 245 Å². The van der Waals surface area contributed by atoms with Crippen molar-refractivity contribution < 1.29 is 18.9 Å². The number of rotatable bonds is 4. The number of halogens is 3. The molecular formula is C65H44BBrCl2O4. The molecule has 8 heteroatoms. The number of fused-ring (bicyclic) bond motifs is 12. The van der Waals surface area contributed by atoms with E-state index in [2.05, 4.69) is 168 Å². The fourth-order valence-corrected chi connectivity index (χ4v) is 11.3. The van der Waals surface area contributed by atoms with E-state index in [4.69, 9.17) is 32.0 Å². The van der Waals surface area contributed by atoms with Crippen molar-refractivity contribution >= 4 is 139 Å². The molecule has 2 aromatic heterocycles. The number of hydrogen-bond acceptors (Lipinski definition) is 4. The van der Waals surface area contributed by atoms with Gasteiger partial charge in [-0.25, -0.2) is 0 Å². The van der Waals surface area contributed by atoms with Crippen LogP contribution in [0, 0.1) is 0 Å². The average Bonchev–Trinajstić information content (AvgIpc) is 4.01. The molecule has 0 aliphatic rings. The Morgan fingerprint density at radius 3 is 1.19 bits per heavy atom.